The number of hydrogen-bond donors (Lipinski definition) is 1. The van der Waals surface area contributed by atoms with E-state index < -0.39 is 11.7 Å². The Morgan fingerprint density at radius 3 is 2.79 bits per heavy atom. The Labute approximate surface area is 160 Å². The Morgan fingerprint density at radius 2 is 2.11 bits per heavy atom. The lowest BCUT2D eigenvalue weighted by molar-refractivity contribution is -0.0884. The van der Waals surface area contributed by atoms with E-state index >= 15 is 0 Å². The molecule has 0 aromatic carbocycles. The van der Waals surface area contributed by atoms with Gasteiger partial charge in [0.1, 0.15) is 12.2 Å². The molecule has 2 aliphatic rings. The van der Waals surface area contributed by atoms with Crippen molar-refractivity contribution in [3.05, 3.63) is 70.9 Å². The second-order valence-corrected chi connectivity index (χ2v) is 6.16. The molecule has 0 unspecified atom stereocenters. The molecule has 2 heterocycles. The van der Waals surface area contributed by atoms with Gasteiger partial charge in [-0.3, -0.25) is 15.0 Å². The van der Waals surface area contributed by atoms with Gasteiger partial charge in [0.2, 0.25) is 0 Å². The van der Waals surface area contributed by atoms with Crippen molar-refractivity contribution in [1.82, 2.24) is 10.3 Å². The van der Waals surface area contributed by atoms with Crippen molar-refractivity contribution < 1.29 is 13.2 Å². The molecule has 0 saturated carbocycles. The van der Waals surface area contributed by atoms with Gasteiger partial charge in [0.05, 0.1) is 17.8 Å². The number of hydrogen-bond acceptors (Lipinski definition) is 4. The lowest BCUT2D eigenvalue weighted by Gasteiger charge is -2.21. The van der Waals surface area contributed by atoms with Crippen LogP contribution in [-0.2, 0) is 0 Å². The standard InChI is InChI=1S/C20H18F3N5/c1-13(9-25-12-24-2)17-7-6-14(10-26-17)19-27-11-15-8-16(20(21,22)23)4-3-5-18(15)28-19/h4-10,12H,2-3,11H2,1H3,(H,27,28)/b13-9+,25-12?. The summed E-state index contributed by atoms with van der Waals surface area (Å²) >= 11 is 0. The fourth-order valence-electron chi connectivity index (χ4n) is 2.74. The molecule has 0 radical (unpaired) electrons. The SMILES string of the molecule is C=NC=N/C=C(\C)c1ccc(C2=NCC3=CC(C(F)(F)F)=CCC=C3N2)cn1. The van der Waals surface area contributed by atoms with Gasteiger partial charge in [-0.15, -0.1) is 0 Å². The molecule has 28 heavy (non-hydrogen) atoms. The molecule has 0 saturated heterocycles. The summed E-state index contributed by atoms with van der Waals surface area (Å²) in [4.78, 5) is 16.3. The maximum atomic E-state index is 13.0. The number of fused-ring (bicyclic) bond motifs is 1. The first-order valence-electron chi connectivity index (χ1n) is 8.49. The highest BCUT2D eigenvalue weighted by atomic mass is 19.4. The van der Waals surface area contributed by atoms with Crippen LogP contribution in [0, 0.1) is 0 Å². The predicted molar refractivity (Wildman–Crippen MR) is 105 cm³/mol. The number of rotatable bonds is 4. The van der Waals surface area contributed by atoms with Crippen molar-refractivity contribution >= 4 is 24.5 Å². The van der Waals surface area contributed by atoms with Gasteiger partial charge in [0, 0.05) is 23.7 Å². The van der Waals surface area contributed by atoms with Crippen molar-refractivity contribution in [1.29, 1.82) is 0 Å². The number of allylic oxidation sites excluding steroid dienone is 5. The number of nitrogens with zero attached hydrogens (tertiary/aromatic N) is 4. The summed E-state index contributed by atoms with van der Waals surface area (Å²) in [7, 11) is 0. The minimum atomic E-state index is -4.36. The molecule has 8 heteroatoms. The van der Waals surface area contributed by atoms with Crippen LogP contribution in [0.3, 0.4) is 0 Å². The molecule has 3 rings (SSSR count). The Morgan fingerprint density at radius 1 is 1.29 bits per heavy atom. The highest BCUT2D eigenvalue weighted by Crippen LogP contribution is 2.31. The first kappa shape index (κ1) is 19.5. The zero-order chi connectivity index (χ0) is 20.1. The van der Waals surface area contributed by atoms with Crippen molar-refractivity contribution in [3.63, 3.8) is 0 Å². The predicted octanol–water partition coefficient (Wildman–Crippen LogP) is 4.22. The monoisotopic (exact) mass is 385 g/mol. The van der Waals surface area contributed by atoms with Gasteiger partial charge in [-0.05, 0) is 49.4 Å². The van der Waals surface area contributed by atoms with Crippen LogP contribution in [0.1, 0.15) is 24.6 Å². The normalized spacial score (nSPS) is 17.6. The summed E-state index contributed by atoms with van der Waals surface area (Å²) < 4.78 is 39.0. The molecule has 0 spiro atoms. The maximum absolute atomic E-state index is 13.0. The number of alkyl halides is 3. The number of amidine groups is 1. The van der Waals surface area contributed by atoms with E-state index in [1.165, 1.54) is 12.4 Å². The van der Waals surface area contributed by atoms with Crippen LogP contribution in [0.2, 0.25) is 0 Å². The number of pyridine rings is 1. The minimum absolute atomic E-state index is 0.172. The summed E-state index contributed by atoms with van der Waals surface area (Å²) in [5, 5.41) is 3.12. The lowest BCUT2D eigenvalue weighted by atomic mass is 10.1. The Balaban J connectivity index is 1.79. The Kier molecular flexibility index (Phi) is 5.67. The van der Waals surface area contributed by atoms with E-state index in [0.29, 0.717) is 17.1 Å². The molecule has 1 aliphatic carbocycles. The van der Waals surface area contributed by atoms with Crippen LogP contribution in [0.5, 0.6) is 0 Å². The minimum Gasteiger partial charge on any atom is -0.340 e. The largest absolute Gasteiger partial charge is 0.416 e. The van der Waals surface area contributed by atoms with E-state index in [1.54, 1.807) is 18.5 Å². The van der Waals surface area contributed by atoms with Crippen LogP contribution in [0.4, 0.5) is 13.2 Å². The van der Waals surface area contributed by atoms with Crippen LogP contribution in [-0.4, -0.2) is 36.6 Å². The summed E-state index contributed by atoms with van der Waals surface area (Å²) in [5.74, 6) is 0.577. The van der Waals surface area contributed by atoms with E-state index in [2.05, 4.69) is 32.0 Å². The fraction of sp³-hybridized carbons (Fsp3) is 0.200. The van der Waals surface area contributed by atoms with Gasteiger partial charge in [-0.25, -0.2) is 4.99 Å². The molecule has 1 aromatic rings. The van der Waals surface area contributed by atoms with Gasteiger partial charge in [0.15, 0.2) is 0 Å². The molecule has 0 amide bonds. The summed E-state index contributed by atoms with van der Waals surface area (Å²) in [6.07, 6.45) is 4.53. The Bertz CT molecular complexity index is 945. The van der Waals surface area contributed by atoms with Gasteiger partial charge in [-0.1, -0.05) is 12.2 Å². The van der Waals surface area contributed by atoms with Crippen molar-refractivity contribution in [2.45, 2.75) is 19.5 Å². The van der Waals surface area contributed by atoms with E-state index in [0.717, 1.165) is 22.9 Å². The van der Waals surface area contributed by atoms with Crippen molar-refractivity contribution in [2.75, 3.05) is 6.54 Å². The average Bonchev–Trinajstić information content (AvgIpc) is 2.90. The second kappa shape index (κ2) is 8.16. The first-order chi connectivity index (χ1) is 13.4. The van der Waals surface area contributed by atoms with Crippen molar-refractivity contribution in [3.8, 4) is 0 Å². The molecule has 1 N–H and O–H groups in total. The summed E-state index contributed by atoms with van der Waals surface area (Å²) in [6, 6.07) is 3.69. The maximum Gasteiger partial charge on any atom is 0.416 e. The van der Waals surface area contributed by atoms with E-state index in [-0.39, 0.29) is 13.0 Å². The van der Waals surface area contributed by atoms with E-state index in [9.17, 15) is 13.2 Å². The third-order valence-electron chi connectivity index (χ3n) is 4.18. The molecule has 0 atom stereocenters. The topological polar surface area (TPSA) is 62.0 Å². The molecule has 1 aliphatic heterocycles. The summed E-state index contributed by atoms with van der Waals surface area (Å²) in [6.45, 7) is 5.36. The quantitative estimate of drug-likeness (QED) is 0.623. The zero-order valence-corrected chi connectivity index (χ0v) is 15.2. The molecule has 0 bridgehead atoms. The number of aliphatic imine (C=N–C) groups is 3. The number of aromatic nitrogens is 1. The fourth-order valence-corrected chi connectivity index (χ4v) is 2.74. The first-order valence-corrected chi connectivity index (χ1v) is 8.49. The Hall–Kier alpha value is -3.29. The molecule has 5 nitrogen and oxygen atoms in total. The van der Waals surface area contributed by atoms with Crippen LogP contribution in [0.15, 0.2) is 74.6 Å². The van der Waals surface area contributed by atoms with Crippen molar-refractivity contribution in [2.24, 2.45) is 15.0 Å². The number of halogens is 3. The average molecular weight is 385 g/mol. The molecule has 144 valence electrons. The highest BCUT2D eigenvalue weighted by molar-refractivity contribution is 6.01. The molecule has 1 aromatic heterocycles. The third-order valence-corrected chi connectivity index (χ3v) is 4.18. The van der Waals surface area contributed by atoms with Gasteiger partial charge in [-0.2, -0.15) is 13.2 Å². The van der Waals surface area contributed by atoms with Crippen LogP contribution >= 0.6 is 0 Å². The zero-order valence-electron chi connectivity index (χ0n) is 15.2. The van der Waals surface area contributed by atoms with E-state index in [1.807, 2.05) is 19.1 Å². The molecule has 0 fully saturated rings. The second-order valence-electron chi connectivity index (χ2n) is 6.16. The van der Waals surface area contributed by atoms with Gasteiger partial charge < -0.3 is 5.32 Å². The highest BCUT2D eigenvalue weighted by Gasteiger charge is 2.33. The van der Waals surface area contributed by atoms with Crippen LogP contribution < -0.4 is 5.32 Å². The lowest BCUT2D eigenvalue weighted by Crippen LogP contribution is -2.30. The van der Waals surface area contributed by atoms with Gasteiger partial charge in [0.25, 0.3) is 0 Å². The third kappa shape index (κ3) is 4.51. The molecular formula is C20H18F3N5. The van der Waals surface area contributed by atoms with Crippen LogP contribution in [0.25, 0.3) is 5.57 Å². The smallest absolute Gasteiger partial charge is 0.340 e. The van der Waals surface area contributed by atoms with E-state index in [4.69, 9.17) is 0 Å². The van der Waals surface area contributed by atoms with Gasteiger partial charge >= 0.3 is 6.18 Å². The summed E-state index contributed by atoms with van der Waals surface area (Å²) in [5.41, 5.74) is 2.87. The number of nitrogens with one attached hydrogen (secondary N) is 1. The molecular weight excluding hydrogens is 367 g/mol.